The zero-order valence-corrected chi connectivity index (χ0v) is 22.3. The number of fused-ring (bicyclic) bond motifs is 1. The molecule has 1 aliphatic carbocycles. The van der Waals surface area contributed by atoms with E-state index in [4.69, 9.17) is 14.2 Å². The van der Waals surface area contributed by atoms with Crippen LogP contribution in [0.15, 0.2) is 42.5 Å². The topological polar surface area (TPSA) is 73.5 Å². The van der Waals surface area contributed by atoms with Gasteiger partial charge in [0.2, 0.25) is 0 Å². The van der Waals surface area contributed by atoms with Crippen LogP contribution >= 0.6 is 0 Å². The SMILES string of the molecule is CC(OC(=O)CCc1ccc(-c2c(C#N)c3ccc(OC4CCOC4)cc3n2C2CC2)cc1)C(C)(C)C. The van der Waals surface area contributed by atoms with Gasteiger partial charge in [-0.15, -0.1) is 0 Å². The average Bonchev–Trinajstić information content (AvgIpc) is 3.47. The van der Waals surface area contributed by atoms with Crippen molar-refractivity contribution < 1.29 is 19.0 Å². The molecule has 0 N–H and O–H groups in total. The molecular weight excluding hydrogens is 464 g/mol. The maximum atomic E-state index is 12.3. The van der Waals surface area contributed by atoms with Crippen molar-refractivity contribution in [2.24, 2.45) is 5.41 Å². The number of carbonyl (C=O) groups excluding carboxylic acids is 1. The summed E-state index contributed by atoms with van der Waals surface area (Å²) >= 11 is 0. The fraction of sp³-hybridized carbons (Fsp3) is 0.484. The van der Waals surface area contributed by atoms with Gasteiger partial charge in [0.15, 0.2) is 0 Å². The third kappa shape index (κ3) is 5.52. The lowest BCUT2D eigenvalue weighted by Crippen LogP contribution is -2.28. The van der Waals surface area contributed by atoms with Gasteiger partial charge < -0.3 is 18.8 Å². The summed E-state index contributed by atoms with van der Waals surface area (Å²) in [4.78, 5) is 12.3. The molecule has 2 aliphatic rings. The van der Waals surface area contributed by atoms with Gasteiger partial charge in [-0.3, -0.25) is 4.79 Å². The Morgan fingerprint density at radius 3 is 2.54 bits per heavy atom. The molecule has 2 aromatic carbocycles. The minimum absolute atomic E-state index is 0.0758. The monoisotopic (exact) mass is 500 g/mol. The molecule has 2 heterocycles. The Morgan fingerprint density at radius 2 is 1.92 bits per heavy atom. The van der Waals surface area contributed by atoms with E-state index in [1.54, 1.807) is 0 Å². The molecule has 6 heteroatoms. The Bertz CT molecular complexity index is 1320. The molecular formula is C31H36N2O4. The van der Waals surface area contributed by atoms with Crippen LogP contribution in [0.25, 0.3) is 22.2 Å². The number of ether oxygens (including phenoxy) is 3. The van der Waals surface area contributed by atoms with E-state index in [1.807, 2.05) is 19.1 Å². The molecule has 1 aliphatic heterocycles. The van der Waals surface area contributed by atoms with Gasteiger partial charge in [0.1, 0.15) is 24.0 Å². The van der Waals surface area contributed by atoms with Gasteiger partial charge in [0.25, 0.3) is 0 Å². The van der Waals surface area contributed by atoms with Gasteiger partial charge in [-0.2, -0.15) is 5.26 Å². The molecule has 0 radical (unpaired) electrons. The summed E-state index contributed by atoms with van der Waals surface area (Å²) in [5, 5.41) is 11.1. The predicted molar refractivity (Wildman–Crippen MR) is 144 cm³/mol. The smallest absolute Gasteiger partial charge is 0.306 e. The second-order valence-electron chi connectivity index (χ2n) is 11.4. The Hall–Kier alpha value is -3.30. The van der Waals surface area contributed by atoms with E-state index in [2.05, 4.69) is 61.7 Å². The lowest BCUT2D eigenvalue weighted by Gasteiger charge is -2.26. The number of esters is 1. The zero-order chi connectivity index (χ0) is 26.2. The highest BCUT2D eigenvalue weighted by Crippen LogP contribution is 2.45. The number of hydrogen-bond acceptors (Lipinski definition) is 5. The van der Waals surface area contributed by atoms with Crippen LogP contribution in [0.4, 0.5) is 0 Å². The highest BCUT2D eigenvalue weighted by molar-refractivity contribution is 5.95. The number of benzene rings is 2. The van der Waals surface area contributed by atoms with Gasteiger partial charge in [0, 0.05) is 30.3 Å². The normalized spacial score (nSPS) is 18.5. The molecule has 0 amide bonds. The summed E-state index contributed by atoms with van der Waals surface area (Å²) in [5.74, 6) is 0.649. The van der Waals surface area contributed by atoms with Crippen LogP contribution < -0.4 is 4.74 Å². The molecule has 0 spiro atoms. The van der Waals surface area contributed by atoms with Gasteiger partial charge in [0.05, 0.1) is 30.0 Å². The summed E-state index contributed by atoms with van der Waals surface area (Å²) in [5.41, 5.74) is 4.72. The highest BCUT2D eigenvalue weighted by Gasteiger charge is 2.31. The molecule has 37 heavy (non-hydrogen) atoms. The van der Waals surface area contributed by atoms with Crippen LogP contribution in [-0.4, -0.2) is 36.0 Å². The number of aromatic nitrogens is 1. The lowest BCUT2D eigenvalue weighted by molar-refractivity contribution is -0.153. The van der Waals surface area contributed by atoms with Crippen LogP contribution in [0, 0.1) is 16.7 Å². The molecule has 2 fully saturated rings. The zero-order valence-electron chi connectivity index (χ0n) is 22.3. The Balaban J connectivity index is 1.38. The van der Waals surface area contributed by atoms with Gasteiger partial charge >= 0.3 is 5.97 Å². The van der Waals surface area contributed by atoms with E-state index >= 15 is 0 Å². The van der Waals surface area contributed by atoms with Crippen LogP contribution in [0.3, 0.4) is 0 Å². The maximum absolute atomic E-state index is 12.3. The van der Waals surface area contributed by atoms with Crippen LogP contribution in [0.2, 0.25) is 0 Å². The molecule has 2 atom stereocenters. The summed E-state index contributed by atoms with van der Waals surface area (Å²) in [6, 6.07) is 17.2. The number of aryl methyl sites for hydroxylation is 1. The van der Waals surface area contributed by atoms with E-state index in [1.165, 1.54) is 0 Å². The number of nitriles is 1. The first kappa shape index (κ1) is 25.4. The molecule has 1 saturated carbocycles. The molecule has 5 rings (SSSR count). The second kappa shape index (κ2) is 10.2. The van der Waals surface area contributed by atoms with Crippen molar-refractivity contribution in [1.29, 1.82) is 5.26 Å². The molecule has 2 unspecified atom stereocenters. The Kier molecular flexibility index (Phi) is 7.00. The third-order valence-corrected chi connectivity index (χ3v) is 7.56. The van der Waals surface area contributed by atoms with Crippen molar-refractivity contribution in [1.82, 2.24) is 4.57 Å². The molecule has 3 aromatic rings. The Labute approximate surface area is 219 Å². The van der Waals surface area contributed by atoms with Gasteiger partial charge in [-0.05, 0) is 54.9 Å². The van der Waals surface area contributed by atoms with E-state index < -0.39 is 0 Å². The quantitative estimate of drug-likeness (QED) is 0.326. The average molecular weight is 501 g/mol. The van der Waals surface area contributed by atoms with Crippen LogP contribution in [0.5, 0.6) is 5.75 Å². The third-order valence-electron chi connectivity index (χ3n) is 7.56. The summed E-state index contributed by atoms with van der Waals surface area (Å²) in [7, 11) is 0. The van der Waals surface area contributed by atoms with Crippen molar-refractivity contribution in [2.45, 2.75) is 78.0 Å². The van der Waals surface area contributed by atoms with E-state index in [0.29, 0.717) is 31.1 Å². The number of carbonyl (C=O) groups is 1. The van der Waals surface area contributed by atoms with Crippen molar-refractivity contribution in [3.05, 3.63) is 53.6 Å². The van der Waals surface area contributed by atoms with Gasteiger partial charge in [-0.25, -0.2) is 0 Å². The van der Waals surface area contributed by atoms with Crippen LogP contribution in [-0.2, 0) is 20.7 Å². The molecule has 1 saturated heterocycles. The van der Waals surface area contributed by atoms with Crippen molar-refractivity contribution in [2.75, 3.05) is 13.2 Å². The first-order chi connectivity index (χ1) is 17.7. The standard InChI is InChI=1S/C31H36N2O4/c1-20(31(2,3)4)36-29(34)14-7-21-5-8-22(9-6-21)30-27(18-32)26-13-12-24(37-25-15-16-35-19-25)17-28(26)33(30)23-10-11-23/h5-6,8-9,12-13,17,20,23,25H,7,10-11,14-16,19H2,1-4H3. The number of rotatable bonds is 8. The summed E-state index contributed by atoms with van der Waals surface area (Å²) in [6.45, 7) is 9.50. The maximum Gasteiger partial charge on any atom is 0.306 e. The molecule has 6 nitrogen and oxygen atoms in total. The van der Waals surface area contributed by atoms with Crippen molar-refractivity contribution in [3.8, 4) is 23.1 Å². The predicted octanol–water partition coefficient (Wildman–Crippen LogP) is 6.59. The fourth-order valence-corrected chi connectivity index (χ4v) is 4.78. The van der Waals surface area contributed by atoms with Crippen LogP contribution in [0.1, 0.15) is 70.5 Å². The first-order valence-electron chi connectivity index (χ1n) is 13.4. The fourth-order valence-electron chi connectivity index (χ4n) is 4.78. The van der Waals surface area contributed by atoms with E-state index in [-0.39, 0.29) is 23.6 Å². The largest absolute Gasteiger partial charge is 0.488 e. The molecule has 0 bridgehead atoms. The summed E-state index contributed by atoms with van der Waals surface area (Å²) in [6.07, 6.45) is 4.04. The first-order valence-corrected chi connectivity index (χ1v) is 13.4. The molecule has 194 valence electrons. The Morgan fingerprint density at radius 1 is 1.16 bits per heavy atom. The summed E-state index contributed by atoms with van der Waals surface area (Å²) < 4.78 is 19.6. The lowest BCUT2D eigenvalue weighted by atomic mass is 9.90. The second-order valence-corrected chi connectivity index (χ2v) is 11.4. The van der Waals surface area contributed by atoms with Gasteiger partial charge in [-0.1, -0.05) is 45.0 Å². The van der Waals surface area contributed by atoms with E-state index in [0.717, 1.165) is 59.3 Å². The van der Waals surface area contributed by atoms with E-state index in [9.17, 15) is 10.1 Å². The molecule has 1 aromatic heterocycles. The van der Waals surface area contributed by atoms with Crippen molar-refractivity contribution >= 4 is 16.9 Å². The minimum Gasteiger partial charge on any atom is -0.488 e. The minimum atomic E-state index is -0.172. The number of nitrogens with zero attached hydrogens (tertiary/aromatic N) is 2. The van der Waals surface area contributed by atoms with Crippen molar-refractivity contribution in [3.63, 3.8) is 0 Å². The number of hydrogen-bond donors (Lipinski definition) is 0. The highest BCUT2D eigenvalue weighted by atomic mass is 16.5.